The molecule has 1 heterocycles. The monoisotopic (exact) mass is 309 g/mol. The predicted octanol–water partition coefficient (Wildman–Crippen LogP) is 2.79. The van der Waals surface area contributed by atoms with E-state index in [0.717, 1.165) is 11.3 Å². The molecular weight excluding hydrogens is 290 g/mol. The largest absolute Gasteiger partial charge is 0.325 e. The number of aryl methyl sites for hydroxylation is 1. The molecule has 1 N–H and O–H groups in total. The van der Waals surface area contributed by atoms with Crippen LogP contribution in [0.3, 0.4) is 0 Å². The van der Waals surface area contributed by atoms with Gasteiger partial charge in [-0.2, -0.15) is 5.26 Å². The Morgan fingerprint density at radius 2 is 2.04 bits per heavy atom. The third-order valence-electron chi connectivity index (χ3n) is 3.52. The van der Waals surface area contributed by atoms with E-state index in [1.54, 1.807) is 12.1 Å². The number of carbonyl (C=O) groups is 1. The first-order chi connectivity index (χ1) is 10.9. The van der Waals surface area contributed by atoms with Crippen LogP contribution in [0.15, 0.2) is 41.2 Å². The van der Waals surface area contributed by atoms with Crippen LogP contribution in [-0.4, -0.2) is 10.5 Å². The molecule has 0 aliphatic heterocycles. The molecule has 0 aliphatic carbocycles. The molecule has 1 amide bonds. The topological polar surface area (TPSA) is 74.9 Å². The van der Waals surface area contributed by atoms with Gasteiger partial charge in [0.25, 0.3) is 5.56 Å². The lowest BCUT2D eigenvalue weighted by Gasteiger charge is -2.15. The minimum atomic E-state index is -0.432. The molecule has 0 unspecified atom stereocenters. The van der Waals surface area contributed by atoms with Gasteiger partial charge in [-0.25, -0.2) is 0 Å². The van der Waals surface area contributed by atoms with Crippen LogP contribution in [0.1, 0.15) is 36.6 Å². The Hall–Kier alpha value is -2.87. The molecule has 0 bridgehead atoms. The van der Waals surface area contributed by atoms with Crippen molar-refractivity contribution in [2.45, 2.75) is 33.2 Å². The fraction of sp³-hybridized carbons (Fsp3) is 0.278. The zero-order valence-electron chi connectivity index (χ0n) is 13.5. The smallest absolute Gasteiger partial charge is 0.269 e. The number of amides is 1. The van der Waals surface area contributed by atoms with Gasteiger partial charge in [-0.3, -0.25) is 9.59 Å². The molecule has 5 nitrogen and oxygen atoms in total. The molecule has 0 saturated heterocycles. The minimum absolute atomic E-state index is 0.0396. The van der Waals surface area contributed by atoms with E-state index >= 15 is 0 Å². The van der Waals surface area contributed by atoms with E-state index in [1.807, 2.05) is 45.0 Å². The van der Waals surface area contributed by atoms with Crippen LogP contribution in [0.25, 0.3) is 0 Å². The van der Waals surface area contributed by atoms with E-state index in [0.29, 0.717) is 5.69 Å². The molecule has 5 heteroatoms. The number of benzene rings is 1. The Kier molecular flexibility index (Phi) is 4.97. The van der Waals surface area contributed by atoms with Gasteiger partial charge in [0.05, 0.1) is 0 Å². The van der Waals surface area contributed by atoms with Gasteiger partial charge in [-0.05, 0) is 42.7 Å². The lowest BCUT2D eigenvalue weighted by molar-refractivity contribution is -0.116. The van der Waals surface area contributed by atoms with Crippen molar-refractivity contribution < 1.29 is 4.79 Å². The number of hydrogen-bond donors (Lipinski definition) is 1. The summed E-state index contributed by atoms with van der Waals surface area (Å²) < 4.78 is 1.37. The van der Waals surface area contributed by atoms with E-state index in [9.17, 15) is 9.59 Å². The van der Waals surface area contributed by atoms with Crippen molar-refractivity contribution in [3.05, 3.63) is 63.6 Å². The van der Waals surface area contributed by atoms with Crippen molar-refractivity contribution in [3.8, 4) is 6.07 Å². The number of anilines is 1. The summed E-state index contributed by atoms with van der Waals surface area (Å²) >= 11 is 0. The highest BCUT2D eigenvalue weighted by Crippen LogP contribution is 2.14. The molecule has 0 radical (unpaired) electrons. The summed E-state index contributed by atoms with van der Waals surface area (Å²) in [5, 5.41) is 11.8. The van der Waals surface area contributed by atoms with Gasteiger partial charge in [0, 0.05) is 11.4 Å². The van der Waals surface area contributed by atoms with Gasteiger partial charge in [-0.1, -0.05) is 26.0 Å². The number of nitrogens with zero attached hydrogens (tertiary/aromatic N) is 2. The standard InChI is InChI=1S/C18H19N3O2/c1-12(2)16-8-7-14(10-19)18(23)21(16)11-17(22)20-15-6-4-5-13(3)9-15/h4-9,12H,11H2,1-3H3,(H,20,22). The van der Waals surface area contributed by atoms with Crippen LogP contribution in [0.4, 0.5) is 5.69 Å². The number of nitrogens with one attached hydrogen (secondary N) is 1. The van der Waals surface area contributed by atoms with Crippen LogP contribution in [0.5, 0.6) is 0 Å². The lowest BCUT2D eigenvalue weighted by atomic mass is 10.1. The number of pyridine rings is 1. The Balaban J connectivity index is 2.30. The third-order valence-corrected chi connectivity index (χ3v) is 3.52. The van der Waals surface area contributed by atoms with Crippen molar-refractivity contribution in [1.82, 2.24) is 4.57 Å². The van der Waals surface area contributed by atoms with Crippen LogP contribution in [-0.2, 0) is 11.3 Å². The highest BCUT2D eigenvalue weighted by Gasteiger charge is 2.14. The number of aromatic nitrogens is 1. The third kappa shape index (κ3) is 3.86. The summed E-state index contributed by atoms with van der Waals surface area (Å²) in [5.41, 5.74) is 2.06. The molecule has 1 aromatic heterocycles. The van der Waals surface area contributed by atoms with Crippen molar-refractivity contribution >= 4 is 11.6 Å². The maximum Gasteiger partial charge on any atom is 0.269 e. The van der Waals surface area contributed by atoms with E-state index in [1.165, 1.54) is 10.6 Å². The SMILES string of the molecule is Cc1cccc(NC(=O)Cn2c(C(C)C)ccc(C#N)c2=O)c1. The van der Waals surface area contributed by atoms with Gasteiger partial charge in [-0.15, -0.1) is 0 Å². The molecule has 118 valence electrons. The summed E-state index contributed by atoms with van der Waals surface area (Å²) in [6.07, 6.45) is 0. The number of hydrogen-bond acceptors (Lipinski definition) is 3. The fourth-order valence-electron chi connectivity index (χ4n) is 2.41. The Labute approximate surface area is 135 Å². The zero-order valence-corrected chi connectivity index (χ0v) is 13.5. The number of rotatable bonds is 4. The number of nitriles is 1. The molecule has 23 heavy (non-hydrogen) atoms. The summed E-state index contributed by atoms with van der Waals surface area (Å²) in [6, 6.07) is 12.5. The maximum absolute atomic E-state index is 12.3. The van der Waals surface area contributed by atoms with Gasteiger partial charge in [0.15, 0.2) is 0 Å². The normalized spacial score (nSPS) is 10.4. The average molecular weight is 309 g/mol. The molecule has 0 fully saturated rings. The van der Waals surface area contributed by atoms with Gasteiger partial charge in [0.1, 0.15) is 18.2 Å². The van der Waals surface area contributed by atoms with Gasteiger partial charge >= 0.3 is 0 Å². The first kappa shape index (κ1) is 16.5. The molecule has 0 aliphatic rings. The van der Waals surface area contributed by atoms with Crippen LogP contribution < -0.4 is 10.9 Å². The Morgan fingerprint density at radius 3 is 2.65 bits per heavy atom. The fourth-order valence-corrected chi connectivity index (χ4v) is 2.41. The summed E-state index contributed by atoms with van der Waals surface area (Å²) in [4.78, 5) is 24.6. The zero-order chi connectivity index (χ0) is 17.0. The Bertz CT molecular complexity index is 829. The quantitative estimate of drug-likeness (QED) is 0.943. The van der Waals surface area contributed by atoms with Crippen molar-refractivity contribution in [2.75, 3.05) is 5.32 Å². The molecule has 2 rings (SSSR count). The summed E-state index contributed by atoms with van der Waals surface area (Å²) in [7, 11) is 0. The summed E-state index contributed by atoms with van der Waals surface area (Å²) in [6.45, 7) is 5.70. The minimum Gasteiger partial charge on any atom is -0.325 e. The van der Waals surface area contributed by atoms with Gasteiger partial charge in [0.2, 0.25) is 5.91 Å². The van der Waals surface area contributed by atoms with Crippen molar-refractivity contribution in [1.29, 1.82) is 5.26 Å². The molecule has 0 atom stereocenters. The Morgan fingerprint density at radius 1 is 1.30 bits per heavy atom. The second-order valence-corrected chi connectivity index (χ2v) is 5.75. The highest BCUT2D eigenvalue weighted by atomic mass is 16.2. The van der Waals surface area contributed by atoms with E-state index in [-0.39, 0.29) is 23.9 Å². The van der Waals surface area contributed by atoms with Crippen LogP contribution >= 0.6 is 0 Å². The average Bonchev–Trinajstić information content (AvgIpc) is 2.48. The molecule has 0 spiro atoms. The highest BCUT2D eigenvalue weighted by molar-refractivity contribution is 5.90. The summed E-state index contributed by atoms with van der Waals surface area (Å²) in [5.74, 6) is -0.225. The van der Waals surface area contributed by atoms with E-state index < -0.39 is 5.56 Å². The first-order valence-electron chi connectivity index (χ1n) is 7.42. The molecule has 0 saturated carbocycles. The maximum atomic E-state index is 12.3. The van der Waals surface area contributed by atoms with Crippen molar-refractivity contribution in [3.63, 3.8) is 0 Å². The molecule has 2 aromatic rings. The predicted molar refractivity (Wildman–Crippen MR) is 89.3 cm³/mol. The van der Waals surface area contributed by atoms with Crippen LogP contribution in [0, 0.1) is 18.3 Å². The van der Waals surface area contributed by atoms with Crippen LogP contribution in [0.2, 0.25) is 0 Å². The molecular formula is C18H19N3O2. The second-order valence-electron chi connectivity index (χ2n) is 5.75. The van der Waals surface area contributed by atoms with E-state index in [4.69, 9.17) is 5.26 Å². The van der Waals surface area contributed by atoms with Gasteiger partial charge < -0.3 is 9.88 Å². The van der Waals surface area contributed by atoms with Crippen molar-refractivity contribution in [2.24, 2.45) is 0 Å². The molecule has 1 aromatic carbocycles. The second kappa shape index (κ2) is 6.93. The lowest BCUT2D eigenvalue weighted by Crippen LogP contribution is -2.31. The van der Waals surface area contributed by atoms with E-state index in [2.05, 4.69) is 5.32 Å². The number of carbonyl (C=O) groups excluding carboxylic acids is 1. The first-order valence-corrected chi connectivity index (χ1v) is 7.42.